The summed E-state index contributed by atoms with van der Waals surface area (Å²) in [4.78, 5) is 34.2. The number of aliphatic imine (C=N–C) groups is 1. The quantitative estimate of drug-likeness (QED) is 0.257. The minimum atomic E-state index is -4.77. The first kappa shape index (κ1) is 28.5. The van der Waals surface area contributed by atoms with E-state index in [1.165, 1.54) is 47.4 Å². The van der Waals surface area contributed by atoms with Crippen LogP contribution in [0.2, 0.25) is 0 Å². The summed E-state index contributed by atoms with van der Waals surface area (Å²) in [5.41, 5.74) is 2.51. The van der Waals surface area contributed by atoms with Crippen LogP contribution < -0.4 is 15.0 Å². The number of alkyl halides is 3. The molecule has 214 valence electrons. The fraction of sp³-hybridized carbons (Fsp3) is 0.107. The maximum atomic E-state index is 14.4. The number of aromatic nitrogens is 3. The van der Waals surface area contributed by atoms with Crippen molar-refractivity contribution in [1.82, 2.24) is 14.8 Å². The van der Waals surface area contributed by atoms with Gasteiger partial charge in [0.25, 0.3) is 0 Å². The van der Waals surface area contributed by atoms with Crippen LogP contribution >= 0.6 is 11.8 Å². The van der Waals surface area contributed by atoms with E-state index in [2.05, 4.69) is 25.1 Å². The molecular weight excluding hydrogens is 576 g/mol. The normalized spacial score (nSPS) is 14.6. The molecule has 0 bridgehead atoms. The first-order valence-electron chi connectivity index (χ1n) is 12.2. The van der Waals surface area contributed by atoms with E-state index in [1.807, 2.05) is 0 Å². The highest BCUT2D eigenvalue weighted by Gasteiger charge is 2.32. The number of hydrogen-bond donors (Lipinski definition) is 1. The molecule has 0 unspecified atom stereocenters. The van der Waals surface area contributed by atoms with Crippen molar-refractivity contribution < 1.29 is 31.9 Å². The molecule has 2 heterocycles. The third-order valence-electron chi connectivity index (χ3n) is 5.74. The van der Waals surface area contributed by atoms with Crippen LogP contribution in [0.15, 0.2) is 78.0 Å². The number of rotatable bonds is 6. The fourth-order valence-electron chi connectivity index (χ4n) is 3.84. The Labute approximate surface area is 240 Å². The Balaban J connectivity index is 1.20. The second-order valence-corrected chi connectivity index (χ2v) is 9.78. The number of carbonyl (C=O) groups excluding carboxylic acids is 2. The maximum absolute atomic E-state index is 14.4. The third-order valence-corrected chi connectivity index (χ3v) is 6.66. The minimum absolute atomic E-state index is 0.0385. The van der Waals surface area contributed by atoms with Gasteiger partial charge in [-0.1, -0.05) is 36.0 Å². The molecule has 1 aliphatic heterocycles. The van der Waals surface area contributed by atoms with Crippen LogP contribution in [0.5, 0.6) is 5.75 Å². The van der Waals surface area contributed by atoms with Gasteiger partial charge in [0.05, 0.1) is 17.1 Å². The van der Waals surface area contributed by atoms with Gasteiger partial charge in [0.2, 0.25) is 5.91 Å². The van der Waals surface area contributed by atoms with Crippen LogP contribution in [0.4, 0.5) is 33.7 Å². The number of hydrogen-bond acceptors (Lipinski definition) is 6. The Kier molecular flexibility index (Phi) is 8.06. The molecule has 42 heavy (non-hydrogen) atoms. The third kappa shape index (κ3) is 7.01. The van der Waals surface area contributed by atoms with Gasteiger partial charge in [0.1, 0.15) is 17.9 Å². The number of urea groups is 1. The van der Waals surface area contributed by atoms with Gasteiger partial charge in [0, 0.05) is 5.69 Å². The highest BCUT2D eigenvalue weighted by Crippen LogP contribution is 2.30. The number of amidine groups is 1. The Morgan fingerprint density at radius 2 is 1.81 bits per heavy atom. The number of ether oxygens (including phenoxy) is 1. The zero-order chi connectivity index (χ0) is 29.9. The lowest BCUT2D eigenvalue weighted by Crippen LogP contribution is -2.31. The van der Waals surface area contributed by atoms with E-state index in [0.29, 0.717) is 17.2 Å². The first-order chi connectivity index (χ1) is 20.0. The van der Waals surface area contributed by atoms with Gasteiger partial charge in [-0.15, -0.1) is 18.3 Å². The van der Waals surface area contributed by atoms with Crippen LogP contribution in [0, 0.1) is 12.7 Å². The molecule has 1 aromatic heterocycles. The van der Waals surface area contributed by atoms with E-state index in [9.17, 15) is 27.2 Å². The second-order valence-electron chi connectivity index (χ2n) is 8.84. The molecule has 5 rings (SSSR count). The van der Waals surface area contributed by atoms with Gasteiger partial charge in [-0.05, 0) is 72.7 Å². The Bertz CT molecular complexity index is 1690. The molecule has 3 aromatic carbocycles. The largest absolute Gasteiger partial charge is 0.573 e. The molecule has 0 atom stereocenters. The van der Waals surface area contributed by atoms with Crippen LogP contribution in [0.1, 0.15) is 17.0 Å². The van der Waals surface area contributed by atoms with Crippen LogP contribution in [0.25, 0.3) is 17.8 Å². The number of benzene rings is 3. The van der Waals surface area contributed by atoms with Crippen molar-refractivity contribution in [2.24, 2.45) is 4.99 Å². The number of amides is 3. The zero-order valence-corrected chi connectivity index (χ0v) is 22.5. The van der Waals surface area contributed by atoms with E-state index in [1.54, 1.807) is 49.4 Å². The predicted molar refractivity (Wildman–Crippen MR) is 151 cm³/mol. The van der Waals surface area contributed by atoms with E-state index in [0.717, 1.165) is 27.8 Å². The number of nitrogens with zero attached hydrogens (tertiary/aromatic N) is 5. The van der Waals surface area contributed by atoms with E-state index in [-0.39, 0.29) is 28.3 Å². The van der Waals surface area contributed by atoms with E-state index >= 15 is 0 Å². The molecule has 0 spiro atoms. The molecule has 4 aromatic rings. The molecule has 0 aliphatic carbocycles. The lowest BCUT2D eigenvalue weighted by Gasteiger charge is -2.17. The highest BCUT2D eigenvalue weighted by atomic mass is 32.2. The highest BCUT2D eigenvalue weighted by molar-refractivity contribution is 8.15. The van der Waals surface area contributed by atoms with Crippen LogP contribution in [-0.4, -0.2) is 44.0 Å². The maximum Gasteiger partial charge on any atom is 0.573 e. The second kappa shape index (κ2) is 11.9. The molecule has 3 amide bonds. The van der Waals surface area contributed by atoms with Gasteiger partial charge in [-0.3, -0.25) is 9.69 Å². The summed E-state index contributed by atoms with van der Waals surface area (Å²) < 4.78 is 56.7. The summed E-state index contributed by atoms with van der Waals surface area (Å²) in [5, 5.41) is 6.99. The molecule has 1 aliphatic rings. The molecule has 1 saturated heterocycles. The Hall–Kier alpha value is -4.98. The standard InChI is InChI=1S/C28H20F4N6O3S/c1-17-2-12-22(29)23(14-17)38-25(39)15-42-27(38)35-26(40)34-19-6-3-18(4-7-19)5-13-24-33-16-37(36-24)20-8-10-21(11-9-20)41-28(30,31)32/h2-14,16H,15H2,1H3,(H,34,40). The topological polar surface area (TPSA) is 102 Å². The Morgan fingerprint density at radius 3 is 2.52 bits per heavy atom. The van der Waals surface area contributed by atoms with Gasteiger partial charge >= 0.3 is 12.4 Å². The van der Waals surface area contributed by atoms with Crippen molar-refractivity contribution in [2.45, 2.75) is 13.3 Å². The van der Waals surface area contributed by atoms with Crippen molar-refractivity contribution in [3.63, 3.8) is 0 Å². The van der Waals surface area contributed by atoms with Gasteiger partial charge in [-0.2, -0.15) is 4.99 Å². The fourth-order valence-corrected chi connectivity index (χ4v) is 4.70. The average Bonchev–Trinajstić information content (AvgIpc) is 3.56. The Morgan fingerprint density at radius 1 is 1.07 bits per heavy atom. The molecule has 0 saturated carbocycles. The number of anilines is 2. The predicted octanol–water partition coefficient (Wildman–Crippen LogP) is 6.45. The summed E-state index contributed by atoms with van der Waals surface area (Å²) in [6.07, 6.45) is 0.0301. The molecule has 0 radical (unpaired) electrons. The van der Waals surface area contributed by atoms with Crippen molar-refractivity contribution in [1.29, 1.82) is 0 Å². The molecule has 14 heteroatoms. The summed E-state index contributed by atoms with van der Waals surface area (Å²) in [5.74, 6) is -0.914. The van der Waals surface area contributed by atoms with Crippen molar-refractivity contribution >= 4 is 52.4 Å². The average molecular weight is 597 g/mol. The van der Waals surface area contributed by atoms with E-state index in [4.69, 9.17) is 0 Å². The van der Waals surface area contributed by atoms with Gasteiger partial charge in [-0.25, -0.2) is 18.9 Å². The van der Waals surface area contributed by atoms with Gasteiger partial charge in [0.15, 0.2) is 11.0 Å². The lowest BCUT2D eigenvalue weighted by atomic mass is 10.2. The summed E-state index contributed by atoms with van der Waals surface area (Å²) in [6, 6.07) is 15.6. The summed E-state index contributed by atoms with van der Waals surface area (Å²) in [7, 11) is 0. The monoisotopic (exact) mass is 596 g/mol. The van der Waals surface area contributed by atoms with Gasteiger partial charge < -0.3 is 10.1 Å². The SMILES string of the molecule is Cc1ccc(F)c(N2C(=O)CSC2=NC(=O)Nc2ccc(C=Cc3ncn(-c4ccc(OC(F)(F)F)cc4)n3)cc2)c1. The molecule has 9 nitrogen and oxygen atoms in total. The number of nitrogens with one attached hydrogen (secondary N) is 1. The molecule has 1 N–H and O–H groups in total. The molecule has 1 fully saturated rings. The van der Waals surface area contributed by atoms with E-state index < -0.39 is 18.2 Å². The van der Waals surface area contributed by atoms with Crippen molar-refractivity contribution in [3.8, 4) is 11.4 Å². The summed E-state index contributed by atoms with van der Waals surface area (Å²) >= 11 is 1.05. The summed E-state index contributed by atoms with van der Waals surface area (Å²) in [6.45, 7) is 1.77. The smallest absolute Gasteiger partial charge is 0.406 e. The van der Waals surface area contributed by atoms with Crippen molar-refractivity contribution in [2.75, 3.05) is 16.0 Å². The number of aryl methyl sites for hydroxylation is 1. The molecular formula is C28H20F4N6O3S. The zero-order valence-electron chi connectivity index (χ0n) is 21.7. The lowest BCUT2D eigenvalue weighted by molar-refractivity contribution is -0.274. The number of thioether (sulfide) groups is 1. The number of halogens is 4. The van der Waals surface area contributed by atoms with Crippen LogP contribution in [-0.2, 0) is 4.79 Å². The van der Waals surface area contributed by atoms with Crippen molar-refractivity contribution in [3.05, 3.63) is 95.8 Å². The number of carbonyl (C=O) groups is 2. The minimum Gasteiger partial charge on any atom is -0.406 e. The first-order valence-corrected chi connectivity index (χ1v) is 13.2. The van der Waals surface area contributed by atoms with Crippen LogP contribution in [0.3, 0.4) is 0 Å².